The Morgan fingerprint density at radius 2 is 2.54 bits per heavy atom. The largest absolute Gasteiger partial charge is 0.480 e. The number of nitrogens with zero attached hydrogens (tertiary/aromatic N) is 1. The van der Waals surface area contributed by atoms with Crippen LogP contribution in [-0.4, -0.2) is 17.5 Å². The zero-order valence-electron chi connectivity index (χ0n) is 6.91. The maximum atomic E-state index is 10.9. The summed E-state index contributed by atoms with van der Waals surface area (Å²) >= 11 is 0. The fourth-order valence-electron chi connectivity index (χ4n) is 1.14. The van der Waals surface area contributed by atoms with Gasteiger partial charge >= 0.3 is 0 Å². The number of carbonyl (C=O) groups excluding carboxylic acids is 1. The molecule has 5 heteroatoms. The Kier molecular flexibility index (Phi) is 1.86. The van der Waals surface area contributed by atoms with Crippen molar-refractivity contribution in [2.45, 2.75) is 6.54 Å². The van der Waals surface area contributed by atoms with Gasteiger partial charge in [0, 0.05) is 6.54 Å². The zero-order chi connectivity index (χ0) is 9.26. The molecule has 0 bridgehead atoms. The molecule has 0 fully saturated rings. The molecule has 5 nitrogen and oxygen atoms in total. The molecular weight excluding hydrogens is 170 g/mol. The lowest BCUT2D eigenvalue weighted by atomic mass is 10.2. The van der Waals surface area contributed by atoms with Gasteiger partial charge < -0.3 is 15.8 Å². The number of rotatable bonds is 1. The van der Waals surface area contributed by atoms with Gasteiger partial charge in [0.2, 0.25) is 0 Å². The molecule has 0 aromatic carbocycles. The third kappa shape index (κ3) is 1.46. The molecule has 13 heavy (non-hydrogen) atoms. The van der Waals surface area contributed by atoms with Crippen molar-refractivity contribution in [3.05, 3.63) is 18.0 Å². The summed E-state index contributed by atoms with van der Waals surface area (Å²) in [4.78, 5) is 15.0. The van der Waals surface area contributed by atoms with Crippen molar-refractivity contribution in [1.29, 1.82) is 0 Å². The Hall–Kier alpha value is -1.62. The smallest absolute Gasteiger partial charge is 0.262 e. The molecule has 3 N–H and O–H groups in total. The third-order valence-corrected chi connectivity index (χ3v) is 1.77. The van der Waals surface area contributed by atoms with E-state index in [0.717, 1.165) is 5.69 Å². The number of carbonyl (C=O) groups is 1. The minimum absolute atomic E-state index is 0.0522. The van der Waals surface area contributed by atoms with E-state index >= 15 is 0 Å². The van der Waals surface area contributed by atoms with E-state index in [2.05, 4.69) is 10.3 Å². The molecule has 0 unspecified atom stereocenters. The van der Waals surface area contributed by atoms with Crippen LogP contribution < -0.4 is 15.8 Å². The first kappa shape index (κ1) is 8.00. The molecule has 0 atom stereocenters. The van der Waals surface area contributed by atoms with Crippen LogP contribution in [0, 0.1) is 0 Å². The van der Waals surface area contributed by atoms with Crippen LogP contribution in [0.4, 0.5) is 5.69 Å². The number of nitrogens with one attached hydrogen (secondary N) is 1. The van der Waals surface area contributed by atoms with E-state index in [1.165, 1.54) is 0 Å². The van der Waals surface area contributed by atoms with Gasteiger partial charge in [0.05, 0.1) is 17.6 Å². The van der Waals surface area contributed by atoms with E-state index in [1.54, 1.807) is 12.3 Å². The molecule has 1 aromatic rings. The first-order chi connectivity index (χ1) is 6.29. The summed E-state index contributed by atoms with van der Waals surface area (Å²) in [7, 11) is 0. The van der Waals surface area contributed by atoms with E-state index in [1.807, 2.05) is 0 Å². The Morgan fingerprint density at radius 1 is 1.69 bits per heavy atom. The average molecular weight is 179 g/mol. The lowest BCUT2D eigenvalue weighted by Gasteiger charge is -2.17. The molecule has 0 spiro atoms. The van der Waals surface area contributed by atoms with Gasteiger partial charge in [-0.2, -0.15) is 0 Å². The number of hydrogen-bond acceptors (Lipinski definition) is 4. The van der Waals surface area contributed by atoms with Crippen molar-refractivity contribution in [2.24, 2.45) is 5.73 Å². The van der Waals surface area contributed by atoms with E-state index in [4.69, 9.17) is 10.5 Å². The summed E-state index contributed by atoms with van der Waals surface area (Å²) in [6, 6.07) is 1.71. The maximum absolute atomic E-state index is 10.9. The van der Waals surface area contributed by atoms with Gasteiger partial charge in [-0.3, -0.25) is 9.78 Å². The molecule has 1 aliphatic rings. The second-order valence-electron chi connectivity index (χ2n) is 2.71. The molecule has 1 aliphatic heterocycles. The Bertz CT molecular complexity index is 351. The van der Waals surface area contributed by atoms with Crippen LogP contribution in [0.25, 0.3) is 0 Å². The Morgan fingerprint density at radius 3 is 3.31 bits per heavy atom. The van der Waals surface area contributed by atoms with E-state index in [0.29, 0.717) is 18.0 Å². The Balaban J connectivity index is 2.38. The topological polar surface area (TPSA) is 77.2 Å². The summed E-state index contributed by atoms with van der Waals surface area (Å²) in [5.74, 6) is 0.443. The number of ether oxygens (including phenoxy) is 1. The molecular formula is C8H9N3O2. The van der Waals surface area contributed by atoms with Gasteiger partial charge in [-0.05, 0) is 6.07 Å². The minimum atomic E-state index is -0.151. The Labute approximate surface area is 74.9 Å². The number of aromatic nitrogens is 1. The zero-order valence-corrected chi connectivity index (χ0v) is 6.91. The number of amides is 1. The lowest BCUT2D eigenvalue weighted by molar-refractivity contribution is -0.118. The monoisotopic (exact) mass is 179 g/mol. The number of hydrogen-bond donors (Lipinski definition) is 2. The third-order valence-electron chi connectivity index (χ3n) is 1.77. The van der Waals surface area contributed by atoms with E-state index < -0.39 is 0 Å². The van der Waals surface area contributed by atoms with Crippen molar-refractivity contribution in [3.8, 4) is 5.75 Å². The molecule has 2 heterocycles. The molecule has 2 rings (SSSR count). The number of anilines is 1. The molecule has 0 saturated heterocycles. The lowest BCUT2D eigenvalue weighted by Crippen LogP contribution is -2.25. The SMILES string of the molecule is NCc1cc2c(cn1)OCC(=O)N2. The van der Waals surface area contributed by atoms with E-state index in [9.17, 15) is 4.79 Å². The van der Waals surface area contributed by atoms with Crippen LogP contribution in [0.15, 0.2) is 12.3 Å². The van der Waals surface area contributed by atoms with Gasteiger partial charge in [0.1, 0.15) is 0 Å². The minimum Gasteiger partial charge on any atom is -0.480 e. The van der Waals surface area contributed by atoms with Crippen molar-refractivity contribution in [2.75, 3.05) is 11.9 Å². The number of fused-ring (bicyclic) bond motifs is 1. The van der Waals surface area contributed by atoms with Crippen LogP contribution in [0.3, 0.4) is 0 Å². The molecule has 68 valence electrons. The fourth-order valence-corrected chi connectivity index (χ4v) is 1.14. The molecule has 0 saturated carbocycles. The first-order valence-electron chi connectivity index (χ1n) is 3.91. The second kappa shape index (κ2) is 3.02. The normalized spacial score (nSPS) is 14.4. The van der Waals surface area contributed by atoms with Crippen molar-refractivity contribution in [3.63, 3.8) is 0 Å². The summed E-state index contributed by atoms with van der Waals surface area (Å²) < 4.78 is 5.12. The van der Waals surface area contributed by atoms with Gasteiger partial charge in [-0.25, -0.2) is 0 Å². The summed E-state index contributed by atoms with van der Waals surface area (Å²) in [5, 5.41) is 2.68. The van der Waals surface area contributed by atoms with Crippen LogP contribution in [0.2, 0.25) is 0 Å². The van der Waals surface area contributed by atoms with Crippen LogP contribution in [0.1, 0.15) is 5.69 Å². The van der Waals surface area contributed by atoms with Crippen LogP contribution >= 0.6 is 0 Å². The van der Waals surface area contributed by atoms with Crippen molar-refractivity contribution in [1.82, 2.24) is 4.98 Å². The van der Waals surface area contributed by atoms with Crippen LogP contribution in [-0.2, 0) is 11.3 Å². The molecule has 1 aromatic heterocycles. The summed E-state index contributed by atoms with van der Waals surface area (Å²) in [5.41, 5.74) is 6.77. The number of pyridine rings is 1. The van der Waals surface area contributed by atoms with Gasteiger partial charge in [0.25, 0.3) is 5.91 Å². The van der Waals surface area contributed by atoms with Crippen LogP contribution in [0.5, 0.6) is 5.75 Å². The summed E-state index contributed by atoms with van der Waals surface area (Å²) in [6.07, 6.45) is 1.57. The molecule has 1 amide bonds. The predicted molar refractivity (Wildman–Crippen MR) is 46.3 cm³/mol. The highest BCUT2D eigenvalue weighted by molar-refractivity contribution is 5.95. The second-order valence-corrected chi connectivity index (χ2v) is 2.71. The van der Waals surface area contributed by atoms with Gasteiger partial charge in [0.15, 0.2) is 12.4 Å². The highest BCUT2D eigenvalue weighted by Crippen LogP contribution is 2.26. The van der Waals surface area contributed by atoms with Crippen molar-refractivity contribution >= 4 is 11.6 Å². The fraction of sp³-hybridized carbons (Fsp3) is 0.250. The maximum Gasteiger partial charge on any atom is 0.262 e. The highest BCUT2D eigenvalue weighted by Gasteiger charge is 2.15. The van der Waals surface area contributed by atoms with E-state index in [-0.39, 0.29) is 12.5 Å². The molecule has 0 aliphatic carbocycles. The quantitative estimate of drug-likeness (QED) is 0.629. The van der Waals surface area contributed by atoms with Gasteiger partial charge in [-0.15, -0.1) is 0 Å². The number of nitrogens with two attached hydrogens (primary N) is 1. The first-order valence-corrected chi connectivity index (χ1v) is 3.91. The predicted octanol–water partition coefficient (Wildman–Crippen LogP) is -0.129. The van der Waals surface area contributed by atoms with Gasteiger partial charge in [-0.1, -0.05) is 0 Å². The highest BCUT2D eigenvalue weighted by atomic mass is 16.5. The standard InChI is InChI=1S/C8H9N3O2/c9-2-5-1-6-7(3-10-5)13-4-8(12)11-6/h1,3H,2,4,9H2,(H,11,12). The van der Waals surface area contributed by atoms with Crippen molar-refractivity contribution < 1.29 is 9.53 Å². The summed E-state index contributed by atoms with van der Waals surface area (Å²) in [6.45, 7) is 0.403. The average Bonchev–Trinajstić information content (AvgIpc) is 2.16. The molecule has 0 radical (unpaired) electrons.